The van der Waals surface area contributed by atoms with Gasteiger partial charge < -0.3 is 25.6 Å². The highest BCUT2D eigenvalue weighted by Gasteiger charge is 2.59. The minimum Gasteiger partial charge on any atom is -0.394 e. The number of likely N-dealkylation sites (N-methyl/N-ethyl adjacent to an activating group) is 1. The number of aliphatic hydroxyl groups excluding tert-OH is 2. The normalized spacial score (nSPS) is 27.0. The van der Waals surface area contributed by atoms with Crippen molar-refractivity contribution in [2.75, 3.05) is 32.1 Å². The molecule has 1 aromatic rings. The van der Waals surface area contributed by atoms with Crippen LogP contribution in [-0.2, 0) is 4.74 Å². The number of hydrogen-bond acceptors (Lipinski definition) is 7. The summed E-state index contributed by atoms with van der Waals surface area (Å²) in [6, 6.07) is 1.36. The molecule has 1 fully saturated rings. The van der Waals surface area contributed by atoms with Gasteiger partial charge in [0.2, 0.25) is 6.23 Å². The van der Waals surface area contributed by atoms with Gasteiger partial charge in [0.1, 0.15) is 11.9 Å². The molecule has 2 heterocycles. The van der Waals surface area contributed by atoms with Crippen LogP contribution in [0.1, 0.15) is 6.23 Å². The number of ether oxygens (including phenoxy) is 1. The zero-order valence-corrected chi connectivity index (χ0v) is 11.9. The Kier molecular flexibility index (Phi) is 5.06. The van der Waals surface area contributed by atoms with E-state index in [1.807, 2.05) is 0 Å². The van der Waals surface area contributed by atoms with Gasteiger partial charge in [-0.15, -0.1) is 0 Å². The molecule has 0 spiro atoms. The van der Waals surface area contributed by atoms with E-state index in [1.165, 1.54) is 6.07 Å². The molecule has 2 rings (SSSR count). The Bertz CT molecular complexity index is 568. The summed E-state index contributed by atoms with van der Waals surface area (Å²) in [5, 5.41) is 24.1. The molecule has 3 atom stereocenters. The Morgan fingerprint density at radius 2 is 2.23 bits per heavy atom. The van der Waals surface area contributed by atoms with Gasteiger partial charge in [-0.05, 0) is 13.1 Å². The van der Waals surface area contributed by atoms with Crippen molar-refractivity contribution >= 4 is 5.82 Å². The van der Waals surface area contributed by atoms with Crippen molar-refractivity contribution in [1.29, 1.82) is 0 Å². The fourth-order valence-corrected chi connectivity index (χ4v) is 2.12. The number of alkyl halides is 2. The van der Waals surface area contributed by atoms with Crippen LogP contribution in [0.3, 0.4) is 0 Å². The van der Waals surface area contributed by atoms with Crippen LogP contribution < -0.4 is 16.3 Å². The molecule has 1 aliphatic rings. The van der Waals surface area contributed by atoms with Crippen molar-refractivity contribution in [2.45, 2.75) is 24.4 Å². The summed E-state index contributed by atoms with van der Waals surface area (Å²) in [6.07, 6.45) is -4.54. The number of anilines is 1. The zero-order valence-electron chi connectivity index (χ0n) is 11.9. The molecule has 0 radical (unpaired) electrons. The van der Waals surface area contributed by atoms with Crippen molar-refractivity contribution in [1.82, 2.24) is 14.9 Å². The smallest absolute Gasteiger partial charge is 0.351 e. The van der Waals surface area contributed by atoms with Gasteiger partial charge in [0.05, 0.1) is 6.61 Å². The number of aromatic nitrogens is 2. The first-order valence-corrected chi connectivity index (χ1v) is 6.71. The van der Waals surface area contributed by atoms with Gasteiger partial charge in [-0.2, -0.15) is 13.8 Å². The van der Waals surface area contributed by atoms with E-state index in [2.05, 4.69) is 15.6 Å². The molecular weight excluding hydrogens is 302 g/mol. The quantitative estimate of drug-likeness (QED) is 0.486. The lowest BCUT2D eigenvalue weighted by molar-refractivity contribution is -0.140. The third kappa shape index (κ3) is 3.09. The second-order valence-corrected chi connectivity index (χ2v) is 4.86. The average Bonchev–Trinajstić information content (AvgIpc) is 2.71. The predicted molar refractivity (Wildman–Crippen MR) is 72.9 cm³/mol. The Hall–Kier alpha value is -1.62. The largest absolute Gasteiger partial charge is 0.394 e. The maximum absolute atomic E-state index is 14.0. The SMILES string of the molecule is CNCCNc1ccn([C@@H]2O[C@H](CO)[C@@H](O)C2(F)F)c(=O)n1. The van der Waals surface area contributed by atoms with Crippen LogP contribution in [0.2, 0.25) is 0 Å². The van der Waals surface area contributed by atoms with Crippen molar-refractivity contribution in [3.05, 3.63) is 22.7 Å². The van der Waals surface area contributed by atoms with Gasteiger partial charge >= 0.3 is 11.6 Å². The Labute approximate surface area is 124 Å². The van der Waals surface area contributed by atoms with Gasteiger partial charge in [0.25, 0.3) is 0 Å². The Morgan fingerprint density at radius 1 is 1.50 bits per heavy atom. The summed E-state index contributed by atoms with van der Waals surface area (Å²) in [5.74, 6) is -3.46. The van der Waals surface area contributed by atoms with Gasteiger partial charge in [0.15, 0.2) is 6.10 Å². The van der Waals surface area contributed by atoms with E-state index in [0.717, 1.165) is 6.20 Å². The molecule has 4 N–H and O–H groups in total. The summed E-state index contributed by atoms with van der Waals surface area (Å²) in [4.78, 5) is 15.5. The van der Waals surface area contributed by atoms with Crippen molar-refractivity contribution in [3.63, 3.8) is 0 Å². The molecule has 0 unspecified atom stereocenters. The van der Waals surface area contributed by atoms with Crippen LogP contribution in [0.15, 0.2) is 17.1 Å². The number of aliphatic hydroxyl groups is 2. The number of nitrogens with one attached hydrogen (secondary N) is 2. The molecule has 22 heavy (non-hydrogen) atoms. The second kappa shape index (κ2) is 6.65. The average molecular weight is 320 g/mol. The maximum atomic E-state index is 14.0. The van der Waals surface area contributed by atoms with Gasteiger partial charge in [-0.1, -0.05) is 0 Å². The summed E-state index contributed by atoms with van der Waals surface area (Å²) in [7, 11) is 1.76. The summed E-state index contributed by atoms with van der Waals surface area (Å²) in [5.41, 5.74) is -0.940. The third-order valence-corrected chi connectivity index (χ3v) is 3.32. The van der Waals surface area contributed by atoms with E-state index in [9.17, 15) is 18.7 Å². The Balaban J connectivity index is 2.21. The van der Waals surface area contributed by atoms with Crippen LogP contribution in [0.4, 0.5) is 14.6 Å². The molecule has 0 aliphatic carbocycles. The fourth-order valence-electron chi connectivity index (χ4n) is 2.12. The lowest BCUT2D eigenvalue weighted by atomic mass is 10.1. The number of hydrogen-bond donors (Lipinski definition) is 4. The minimum atomic E-state index is -3.71. The van der Waals surface area contributed by atoms with Crippen LogP contribution in [0, 0.1) is 0 Å². The first kappa shape index (κ1) is 16.7. The monoisotopic (exact) mass is 320 g/mol. The van der Waals surface area contributed by atoms with E-state index < -0.39 is 36.7 Å². The number of rotatable bonds is 6. The third-order valence-electron chi connectivity index (χ3n) is 3.32. The molecule has 8 nitrogen and oxygen atoms in total. The van der Waals surface area contributed by atoms with Crippen LogP contribution in [0.5, 0.6) is 0 Å². The highest BCUT2D eigenvalue weighted by Crippen LogP contribution is 2.41. The molecule has 124 valence electrons. The van der Waals surface area contributed by atoms with Gasteiger partial charge in [0, 0.05) is 19.3 Å². The molecule has 0 saturated carbocycles. The van der Waals surface area contributed by atoms with Crippen LogP contribution in [0.25, 0.3) is 0 Å². The maximum Gasteiger partial charge on any atom is 0.351 e. The lowest BCUT2D eigenvalue weighted by Crippen LogP contribution is -2.41. The van der Waals surface area contributed by atoms with Gasteiger partial charge in [-0.25, -0.2) is 4.79 Å². The molecule has 0 amide bonds. The minimum absolute atomic E-state index is 0.247. The molecule has 0 bridgehead atoms. The van der Waals surface area contributed by atoms with Crippen LogP contribution in [-0.4, -0.2) is 64.6 Å². The summed E-state index contributed by atoms with van der Waals surface area (Å²) in [6.45, 7) is 0.367. The predicted octanol–water partition coefficient (Wildman–Crippen LogP) is -1.24. The molecule has 1 aliphatic heterocycles. The van der Waals surface area contributed by atoms with Crippen LogP contribution >= 0.6 is 0 Å². The first-order valence-electron chi connectivity index (χ1n) is 6.71. The standard InChI is InChI=1S/C12H18F2N4O4/c1-15-3-4-16-8-2-5-18(11(21)17-8)10-12(13,14)9(20)7(6-19)22-10/h2,5,7,9-10,15,19-20H,3-4,6H2,1H3,(H,16,17,21)/t7-,9-,10-/m1/s1. The number of nitrogens with zero attached hydrogens (tertiary/aromatic N) is 2. The first-order chi connectivity index (χ1) is 10.4. The summed E-state index contributed by atoms with van der Waals surface area (Å²) < 4.78 is 33.4. The molecule has 0 aromatic carbocycles. The molecule has 10 heteroatoms. The second-order valence-electron chi connectivity index (χ2n) is 4.86. The van der Waals surface area contributed by atoms with E-state index in [1.54, 1.807) is 7.05 Å². The number of halogens is 2. The van der Waals surface area contributed by atoms with E-state index in [0.29, 0.717) is 17.7 Å². The zero-order chi connectivity index (χ0) is 16.3. The highest BCUT2D eigenvalue weighted by molar-refractivity contribution is 5.31. The van der Waals surface area contributed by atoms with Crippen molar-refractivity contribution in [2.24, 2.45) is 0 Å². The molecular formula is C12H18F2N4O4. The molecule has 1 aromatic heterocycles. The van der Waals surface area contributed by atoms with Crippen molar-refractivity contribution in [3.8, 4) is 0 Å². The van der Waals surface area contributed by atoms with E-state index in [4.69, 9.17) is 9.84 Å². The topological polar surface area (TPSA) is 109 Å². The van der Waals surface area contributed by atoms with E-state index in [-0.39, 0.29) is 5.82 Å². The highest BCUT2D eigenvalue weighted by atomic mass is 19.3. The fraction of sp³-hybridized carbons (Fsp3) is 0.667. The lowest BCUT2D eigenvalue weighted by Gasteiger charge is -2.21. The van der Waals surface area contributed by atoms with Gasteiger partial charge in [-0.3, -0.25) is 4.57 Å². The summed E-state index contributed by atoms with van der Waals surface area (Å²) >= 11 is 0. The van der Waals surface area contributed by atoms with Crippen molar-refractivity contribution < 1.29 is 23.7 Å². The Morgan fingerprint density at radius 3 is 2.77 bits per heavy atom. The molecule has 1 saturated heterocycles. The van der Waals surface area contributed by atoms with E-state index >= 15 is 0 Å².